The van der Waals surface area contributed by atoms with E-state index in [4.69, 9.17) is 4.74 Å². The van der Waals surface area contributed by atoms with Crippen molar-refractivity contribution in [2.45, 2.75) is 82.5 Å². The summed E-state index contributed by atoms with van der Waals surface area (Å²) < 4.78 is 34.1. The van der Waals surface area contributed by atoms with Crippen LogP contribution in [-0.2, 0) is 38.0 Å². The summed E-state index contributed by atoms with van der Waals surface area (Å²) in [5.41, 5.74) is 1.30. The van der Waals surface area contributed by atoms with E-state index in [1.54, 1.807) is 0 Å². The van der Waals surface area contributed by atoms with Crippen molar-refractivity contribution in [2.75, 3.05) is 25.4 Å². The Labute approximate surface area is 211 Å². The Bertz CT molecular complexity index is 1080. The van der Waals surface area contributed by atoms with Gasteiger partial charge in [-0.25, -0.2) is 17.9 Å². The zero-order valence-electron chi connectivity index (χ0n) is 20.5. The molecule has 194 valence electrons. The second-order valence-corrected chi connectivity index (χ2v) is 13.7. The van der Waals surface area contributed by atoms with Crippen LogP contribution in [0, 0.1) is 5.92 Å². The van der Waals surface area contributed by atoms with Gasteiger partial charge in [0.25, 0.3) is 5.91 Å². The number of hydrogen-bond acceptors (Lipinski definition) is 7. The molecule has 35 heavy (non-hydrogen) atoms. The molecule has 4 heterocycles. The number of likely N-dealkylation sites (tertiary alicyclic amines) is 1. The van der Waals surface area contributed by atoms with Crippen LogP contribution in [0.1, 0.15) is 61.3 Å². The molecule has 5 rings (SSSR count). The average Bonchev–Trinajstić information content (AvgIpc) is 3.35. The van der Waals surface area contributed by atoms with Crippen molar-refractivity contribution in [1.82, 2.24) is 20.3 Å². The van der Waals surface area contributed by atoms with E-state index in [1.807, 2.05) is 11.3 Å². The molecule has 2 saturated heterocycles. The van der Waals surface area contributed by atoms with Crippen LogP contribution in [0.2, 0.25) is 0 Å². The van der Waals surface area contributed by atoms with Gasteiger partial charge < -0.3 is 15.0 Å². The molecule has 0 bridgehead atoms. The van der Waals surface area contributed by atoms with Crippen molar-refractivity contribution >= 4 is 33.3 Å². The SMILES string of the molecule is CCc1cc2c(s1)CCO[C@@]21CCN(C[C@H]2C[C@@H](NS(=O)(=O)CCC3NC(=O)NC3=O)C2)[C@@H](C)C1. The van der Waals surface area contributed by atoms with E-state index >= 15 is 0 Å². The van der Waals surface area contributed by atoms with E-state index in [9.17, 15) is 18.0 Å². The number of piperidine rings is 1. The maximum absolute atomic E-state index is 12.4. The number of amides is 3. The van der Waals surface area contributed by atoms with Crippen molar-refractivity contribution in [1.29, 1.82) is 0 Å². The number of sulfonamides is 1. The molecule has 3 aliphatic heterocycles. The van der Waals surface area contributed by atoms with Gasteiger partial charge >= 0.3 is 6.03 Å². The first-order valence-corrected chi connectivity index (χ1v) is 15.2. The molecular formula is C24H36N4O5S2. The first-order valence-electron chi connectivity index (χ1n) is 12.8. The van der Waals surface area contributed by atoms with Crippen molar-refractivity contribution in [3.05, 3.63) is 21.4 Å². The Morgan fingerprint density at radius 1 is 1.31 bits per heavy atom. The van der Waals surface area contributed by atoms with Gasteiger partial charge in [0.1, 0.15) is 6.04 Å². The number of thiophene rings is 1. The third-order valence-electron chi connectivity index (χ3n) is 8.07. The fourth-order valence-corrected chi connectivity index (χ4v) is 8.65. The number of imide groups is 1. The van der Waals surface area contributed by atoms with E-state index in [2.05, 4.69) is 40.2 Å². The number of nitrogens with one attached hydrogen (secondary N) is 3. The molecule has 4 aliphatic rings. The molecule has 1 aromatic rings. The zero-order valence-corrected chi connectivity index (χ0v) is 22.1. The zero-order chi connectivity index (χ0) is 24.8. The second kappa shape index (κ2) is 9.74. The first kappa shape index (κ1) is 25.1. The number of nitrogens with zero attached hydrogens (tertiary/aromatic N) is 1. The standard InChI is InChI=1S/C24H36N4O5S2/c1-3-18-12-19-21(34-18)4-8-33-24(19)6-7-28(15(2)13-24)14-16-10-17(11-16)27-35(31,32)9-5-20-22(29)26-23(30)25-20/h12,15-17,20,27H,3-11,13-14H2,1-2H3,(H2,25,26,29,30)/t15-,16-,17+,20?,24+/m0/s1. The Balaban J connectivity index is 1.08. The highest BCUT2D eigenvalue weighted by atomic mass is 32.2. The van der Waals surface area contributed by atoms with Gasteiger partial charge in [0.2, 0.25) is 10.0 Å². The predicted molar refractivity (Wildman–Crippen MR) is 134 cm³/mol. The number of aryl methyl sites for hydroxylation is 1. The highest BCUT2D eigenvalue weighted by molar-refractivity contribution is 7.89. The molecule has 1 unspecified atom stereocenters. The van der Waals surface area contributed by atoms with Crippen molar-refractivity contribution in [3.63, 3.8) is 0 Å². The monoisotopic (exact) mass is 524 g/mol. The van der Waals surface area contributed by atoms with Gasteiger partial charge in [-0.3, -0.25) is 10.1 Å². The van der Waals surface area contributed by atoms with Gasteiger partial charge in [-0.05, 0) is 63.0 Å². The van der Waals surface area contributed by atoms with Crippen LogP contribution in [0.5, 0.6) is 0 Å². The molecule has 3 amide bonds. The minimum atomic E-state index is -3.50. The summed E-state index contributed by atoms with van der Waals surface area (Å²) in [6.07, 6.45) is 5.87. The fraction of sp³-hybridized carbons (Fsp3) is 0.750. The molecule has 9 nitrogen and oxygen atoms in total. The van der Waals surface area contributed by atoms with Crippen LogP contribution in [0.3, 0.4) is 0 Å². The van der Waals surface area contributed by atoms with E-state index in [1.165, 1.54) is 15.3 Å². The highest BCUT2D eigenvalue weighted by Gasteiger charge is 2.45. The third-order valence-corrected chi connectivity index (χ3v) is 10.9. The number of hydrogen-bond donors (Lipinski definition) is 3. The molecule has 0 aromatic carbocycles. The minimum Gasteiger partial charge on any atom is -0.370 e. The number of carbonyl (C=O) groups excluding carboxylic acids is 2. The lowest BCUT2D eigenvalue weighted by Gasteiger charge is -2.49. The minimum absolute atomic E-state index is 0.0501. The molecule has 1 aromatic heterocycles. The number of rotatable bonds is 8. The van der Waals surface area contributed by atoms with Crippen molar-refractivity contribution in [2.24, 2.45) is 5.92 Å². The quantitative estimate of drug-likeness (QED) is 0.447. The normalized spacial score (nSPS) is 33.3. The molecule has 3 atom stereocenters. The summed E-state index contributed by atoms with van der Waals surface area (Å²) in [6, 6.07) is 1.41. The Hall–Kier alpha value is -1.53. The summed E-state index contributed by atoms with van der Waals surface area (Å²) in [5.74, 6) is -0.164. The lowest BCUT2D eigenvalue weighted by Crippen LogP contribution is -2.54. The number of carbonyl (C=O) groups is 2. The van der Waals surface area contributed by atoms with Crippen LogP contribution in [-0.4, -0.2) is 68.8 Å². The largest absolute Gasteiger partial charge is 0.370 e. The Morgan fingerprint density at radius 3 is 2.80 bits per heavy atom. The lowest BCUT2D eigenvalue weighted by atomic mass is 9.77. The summed E-state index contributed by atoms with van der Waals surface area (Å²) in [4.78, 5) is 28.3. The summed E-state index contributed by atoms with van der Waals surface area (Å²) >= 11 is 1.96. The average molecular weight is 525 g/mol. The summed E-state index contributed by atoms with van der Waals surface area (Å²) in [7, 11) is -3.50. The van der Waals surface area contributed by atoms with Gasteiger partial charge in [0.15, 0.2) is 0 Å². The van der Waals surface area contributed by atoms with Crippen LogP contribution >= 0.6 is 11.3 Å². The van der Waals surface area contributed by atoms with Gasteiger partial charge in [0.05, 0.1) is 18.0 Å². The molecule has 1 aliphatic carbocycles. The maximum Gasteiger partial charge on any atom is 0.322 e. The van der Waals surface area contributed by atoms with Crippen LogP contribution in [0.15, 0.2) is 6.07 Å². The van der Waals surface area contributed by atoms with Gasteiger partial charge in [0, 0.05) is 41.3 Å². The Kier molecular flexibility index (Phi) is 6.99. The van der Waals surface area contributed by atoms with Crippen molar-refractivity contribution in [3.8, 4) is 0 Å². The van der Waals surface area contributed by atoms with E-state index < -0.39 is 28.0 Å². The van der Waals surface area contributed by atoms with Crippen LogP contribution in [0.4, 0.5) is 4.79 Å². The smallest absolute Gasteiger partial charge is 0.322 e. The molecule has 3 fully saturated rings. The number of fused-ring (bicyclic) bond motifs is 2. The Morgan fingerprint density at radius 2 is 2.11 bits per heavy atom. The second-order valence-electron chi connectivity index (χ2n) is 10.6. The number of ether oxygens (including phenoxy) is 1. The predicted octanol–water partition coefficient (Wildman–Crippen LogP) is 1.86. The maximum atomic E-state index is 12.4. The van der Waals surface area contributed by atoms with Gasteiger partial charge in [-0.15, -0.1) is 11.3 Å². The highest BCUT2D eigenvalue weighted by Crippen LogP contribution is 2.46. The van der Waals surface area contributed by atoms with E-state index in [0.717, 1.165) is 58.2 Å². The third kappa shape index (κ3) is 5.29. The van der Waals surface area contributed by atoms with E-state index in [0.29, 0.717) is 12.0 Å². The van der Waals surface area contributed by atoms with Crippen LogP contribution < -0.4 is 15.4 Å². The molecular weight excluding hydrogens is 488 g/mol. The van der Waals surface area contributed by atoms with Gasteiger partial charge in [-0.1, -0.05) is 6.92 Å². The molecule has 0 radical (unpaired) electrons. The van der Waals surface area contributed by atoms with E-state index in [-0.39, 0.29) is 23.8 Å². The first-order chi connectivity index (χ1) is 16.7. The van der Waals surface area contributed by atoms with Crippen LogP contribution in [0.25, 0.3) is 0 Å². The van der Waals surface area contributed by atoms with Crippen molar-refractivity contribution < 1.29 is 22.7 Å². The molecule has 1 saturated carbocycles. The lowest BCUT2D eigenvalue weighted by molar-refractivity contribution is -0.120. The molecule has 1 spiro atoms. The molecule has 11 heteroatoms. The molecule has 3 N–H and O–H groups in total. The van der Waals surface area contributed by atoms with Gasteiger partial charge in [-0.2, -0.15) is 0 Å². The fourth-order valence-electron chi connectivity index (χ4n) is 6.11. The topological polar surface area (TPSA) is 117 Å². The summed E-state index contributed by atoms with van der Waals surface area (Å²) in [5, 5.41) is 4.57. The summed E-state index contributed by atoms with van der Waals surface area (Å²) in [6.45, 7) is 7.31. The number of urea groups is 1.